The van der Waals surface area contributed by atoms with Gasteiger partial charge in [-0.15, -0.1) is 0 Å². The topological polar surface area (TPSA) is 99.8 Å². The first kappa shape index (κ1) is 23.1. The summed E-state index contributed by atoms with van der Waals surface area (Å²) in [5, 5.41) is 13.8. The highest BCUT2D eigenvalue weighted by Crippen LogP contribution is 2.33. The normalized spacial score (nSPS) is 16.2. The number of carbonyl (C=O) groups excluding carboxylic acids is 1. The van der Waals surface area contributed by atoms with Crippen LogP contribution >= 0.6 is 0 Å². The molecular weight excluding hydrogens is 468 g/mol. The average Bonchev–Trinajstić information content (AvgIpc) is 3.31. The van der Waals surface area contributed by atoms with Gasteiger partial charge in [-0.2, -0.15) is 0 Å². The fraction of sp³-hybridized carbons (Fsp3) is 0.0769. The van der Waals surface area contributed by atoms with E-state index in [1.807, 2.05) is 12.1 Å². The number of carbonyl (C=O) groups is 1. The van der Waals surface area contributed by atoms with Gasteiger partial charge in [0.05, 0.1) is 18.8 Å². The summed E-state index contributed by atoms with van der Waals surface area (Å²) in [4.78, 5) is 34.2. The molecule has 8 nitrogen and oxygen atoms in total. The Kier molecular flexibility index (Phi) is 6.09. The monoisotopic (exact) mass is 487 g/mol. The van der Waals surface area contributed by atoms with Crippen LogP contribution in [0.2, 0.25) is 0 Å². The Bertz CT molecular complexity index is 1560. The van der Waals surface area contributed by atoms with E-state index in [4.69, 9.17) is 0 Å². The minimum atomic E-state index is -1.02. The van der Waals surface area contributed by atoms with Gasteiger partial charge in [-0.05, 0) is 59.7 Å². The van der Waals surface area contributed by atoms with Crippen LogP contribution < -0.4 is 10.9 Å². The molecule has 0 aliphatic carbocycles. The number of aromatic nitrogens is 2. The molecule has 0 saturated carbocycles. The molecule has 1 amide bonds. The molecular formula is C26H19F2N5O3. The molecule has 10 heteroatoms. The van der Waals surface area contributed by atoms with E-state index < -0.39 is 23.1 Å². The lowest BCUT2D eigenvalue weighted by Crippen LogP contribution is -2.35. The number of hydrogen-bond acceptors (Lipinski definition) is 6. The lowest BCUT2D eigenvalue weighted by Gasteiger charge is -2.21. The van der Waals surface area contributed by atoms with E-state index in [2.05, 4.69) is 15.3 Å². The summed E-state index contributed by atoms with van der Waals surface area (Å²) in [6.45, 7) is -0.0999. The van der Waals surface area contributed by atoms with Gasteiger partial charge in [-0.25, -0.2) is 23.8 Å². The predicted octanol–water partition coefficient (Wildman–Crippen LogP) is 3.57. The van der Waals surface area contributed by atoms with Gasteiger partial charge in [0, 0.05) is 35.9 Å². The third kappa shape index (κ3) is 4.49. The van der Waals surface area contributed by atoms with Gasteiger partial charge in [0.2, 0.25) is 0 Å². The molecule has 3 aromatic rings. The first-order valence-corrected chi connectivity index (χ1v) is 10.9. The molecule has 5 rings (SSSR count). The SMILES string of the molecule is O=C(NCC1=C/C(=C2\C=Nc3ncccc32)C=CN1O)c1cccn(Cc2ccc(F)c(F)c2)c1=O. The van der Waals surface area contributed by atoms with Crippen molar-refractivity contribution in [3.8, 4) is 0 Å². The Morgan fingerprint density at radius 2 is 1.97 bits per heavy atom. The number of hydroxylamine groups is 2. The lowest BCUT2D eigenvalue weighted by atomic mass is 10.0. The number of benzene rings is 1. The molecule has 0 fully saturated rings. The minimum absolute atomic E-state index is 0.0354. The summed E-state index contributed by atoms with van der Waals surface area (Å²) in [6.07, 6.45) is 9.67. The highest BCUT2D eigenvalue weighted by molar-refractivity contribution is 6.18. The van der Waals surface area contributed by atoms with E-state index >= 15 is 0 Å². The Morgan fingerprint density at radius 1 is 1.11 bits per heavy atom. The number of aliphatic imine (C=N–C) groups is 1. The molecule has 2 aliphatic heterocycles. The first-order chi connectivity index (χ1) is 17.4. The summed E-state index contributed by atoms with van der Waals surface area (Å²) in [5.41, 5.74) is 2.48. The van der Waals surface area contributed by atoms with Crippen LogP contribution in [0.25, 0.3) is 5.57 Å². The molecule has 180 valence electrons. The molecule has 4 heterocycles. The van der Waals surface area contributed by atoms with Crippen LogP contribution in [0.1, 0.15) is 21.5 Å². The number of nitrogens with zero attached hydrogens (tertiary/aromatic N) is 4. The Labute approximate surface area is 203 Å². The summed E-state index contributed by atoms with van der Waals surface area (Å²) in [7, 11) is 0. The maximum Gasteiger partial charge on any atom is 0.263 e. The Balaban J connectivity index is 1.33. The van der Waals surface area contributed by atoms with Crippen LogP contribution in [-0.2, 0) is 6.54 Å². The van der Waals surface area contributed by atoms with E-state index in [1.165, 1.54) is 35.2 Å². The second-order valence-electron chi connectivity index (χ2n) is 8.08. The number of pyridine rings is 2. The molecule has 36 heavy (non-hydrogen) atoms. The standard InChI is InChI=1S/C26H19F2N5O3/c27-22-6-5-16(11-23(22)28)15-32-9-2-4-20(26(32)35)25(34)31-13-18-12-17(7-10-33(18)36)21-14-30-24-19(21)3-1-8-29-24/h1-12,14,36H,13,15H2,(H,31,34)/b21-17+. The van der Waals surface area contributed by atoms with Crippen molar-refractivity contribution in [3.05, 3.63) is 123 Å². The van der Waals surface area contributed by atoms with Crippen molar-refractivity contribution in [2.24, 2.45) is 4.99 Å². The molecule has 0 atom stereocenters. The van der Waals surface area contributed by atoms with Crippen LogP contribution in [0.15, 0.2) is 94.3 Å². The number of halogens is 2. The predicted molar refractivity (Wildman–Crippen MR) is 129 cm³/mol. The van der Waals surface area contributed by atoms with Gasteiger partial charge in [0.15, 0.2) is 17.5 Å². The van der Waals surface area contributed by atoms with Crippen molar-refractivity contribution in [1.29, 1.82) is 0 Å². The zero-order valence-corrected chi connectivity index (χ0v) is 18.7. The quantitative estimate of drug-likeness (QED) is 0.573. The van der Waals surface area contributed by atoms with Crippen molar-refractivity contribution >= 4 is 23.5 Å². The van der Waals surface area contributed by atoms with Crippen molar-refractivity contribution in [1.82, 2.24) is 19.9 Å². The van der Waals surface area contributed by atoms with Crippen LogP contribution in [-0.4, -0.2) is 38.5 Å². The average molecular weight is 487 g/mol. The maximum atomic E-state index is 13.5. The zero-order chi connectivity index (χ0) is 25.2. The number of allylic oxidation sites excluding steroid dienone is 4. The Hall–Kier alpha value is -4.70. The van der Waals surface area contributed by atoms with Crippen molar-refractivity contribution in [2.45, 2.75) is 6.54 Å². The molecule has 2 aromatic heterocycles. The summed E-state index contributed by atoms with van der Waals surface area (Å²) in [5.74, 6) is -2.04. The van der Waals surface area contributed by atoms with E-state index in [-0.39, 0.29) is 18.7 Å². The van der Waals surface area contributed by atoms with E-state index in [9.17, 15) is 23.6 Å². The fourth-order valence-corrected chi connectivity index (χ4v) is 3.91. The zero-order valence-electron chi connectivity index (χ0n) is 18.7. The van der Waals surface area contributed by atoms with Gasteiger partial charge in [-0.1, -0.05) is 6.07 Å². The molecule has 2 N–H and O–H groups in total. The van der Waals surface area contributed by atoms with Crippen LogP contribution in [0, 0.1) is 11.6 Å². The van der Waals surface area contributed by atoms with Crippen LogP contribution in [0.5, 0.6) is 0 Å². The van der Waals surface area contributed by atoms with Gasteiger partial charge in [0.1, 0.15) is 5.56 Å². The molecule has 0 spiro atoms. The molecule has 0 unspecified atom stereocenters. The highest BCUT2D eigenvalue weighted by atomic mass is 19.2. The third-order valence-electron chi connectivity index (χ3n) is 5.75. The first-order valence-electron chi connectivity index (χ1n) is 10.9. The van der Waals surface area contributed by atoms with Crippen LogP contribution in [0.3, 0.4) is 0 Å². The van der Waals surface area contributed by atoms with Crippen LogP contribution in [0.4, 0.5) is 14.6 Å². The van der Waals surface area contributed by atoms with Crippen molar-refractivity contribution < 1.29 is 18.8 Å². The van der Waals surface area contributed by atoms with E-state index in [0.29, 0.717) is 17.1 Å². The number of rotatable bonds is 5. The highest BCUT2D eigenvalue weighted by Gasteiger charge is 2.20. The number of amides is 1. The van der Waals surface area contributed by atoms with E-state index in [0.717, 1.165) is 33.9 Å². The van der Waals surface area contributed by atoms with Gasteiger partial charge >= 0.3 is 0 Å². The summed E-state index contributed by atoms with van der Waals surface area (Å²) in [6, 6.07) is 9.95. The number of nitrogens with one attached hydrogen (secondary N) is 1. The van der Waals surface area contributed by atoms with Crippen molar-refractivity contribution in [2.75, 3.05) is 6.54 Å². The summed E-state index contributed by atoms with van der Waals surface area (Å²) < 4.78 is 27.9. The van der Waals surface area contributed by atoms with Gasteiger partial charge < -0.3 is 9.88 Å². The second kappa shape index (κ2) is 9.51. The minimum Gasteiger partial charge on any atom is -0.346 e. The fourth-order valence-electron chi connectivity index (χ4n) is 3.91. The lowest BCUT2D eigenvalue weighted by molar-refractivity contribution is -0.00696. The summed E-state index contributed by atoms with van der Waals surface area (Å²) >= 11 is 0. The van der Waals surface area contributed by atoms with E-state index in [1.54, 1.807) is 24.6 Å². The smallest absolute Gasteiger partial charge is 0.263 e. The largest absolute Gasteiger partial charge is 0.346 e. The molecule has 0 bridgehead atoms. The molecule has 1 aromatic carbocycles. The second-order valence-corrected chi connectivity index (χ2v) is 8.08. The molecule has 2 aliphatic rings. The maximum absolute atomic E-state index is 13.5. The van der Waals surface area contributed by atoms with Gasteiger partial charge in [-0.3, -0.25) is 14.8 Å². The third-order valence-corrected chi connectivity index (χ3v) is 5.75. The van der Waals surface area contributed by atoms with Gasteiger partial charge in [0.25, 0.3) is 11.5 Å². The molecule has 0 saturated heterocycles. The van der Waals surface area contributed by atoms with Crippen molar-refractivity contribution in [3.63, 3.8) is 0 Å². The molecule has 0 radical (unpaired) electrons. The number of hydrogen-bond donors (Lipinski definition) is 2. The number of fused-ring (bicyclic) bond motifs is 1. The Morgan fingerprint density at radius 3 is 2.81 bits per heavy atom.